The molecule has 18 heavy (non-hydrogen) atoms. The lowest BCUT2D eigenvalue weighted by Crippen LogP contribution is -2.25. The molecule has 1 aliphatic rings. The lowest BCUT2D eigenvalue weighted by molar-refractivity contribution is -0.133. The van der Waals surface area contributed by atoms with Gasteiger partial charge in [-0.05, 0) is 31.1 Å². The van der Waals surface area contributed by atoms with E-state index in [0.717, 1.165) is 11.1 Å². The highest BCUT2D eigenvalue weighted by Gasteiger charge is 2.27. The normalized spacial score (nSPS) is 28.2. The summed E-state index contributed by atoms with van der Waals surface area (Å²) in [5.74, 6) is 0.719. The summed E-state index contributed by atoms with van der Waals surface area (Å²) < 4.78 is 2.17. The van der Waals surface area contributed by atoms with Gasteiger partial charge in [-0.2, -0.15) is 0 Å². The SMILES string of the molecule is CC1CCC(n2ccnc2SCC(=O)O)C(C)C1. The lowest BCUT2D eigenvalue weighted by Gasteiger charge is -2.34. The number of nitrogens with zero attached hydrogens (tertiary/aromatic N) is 2. The van der Waals surface area contributed by atoms with E-state index in [4.69, 9.17) is 5.11 Å². The number of hydrogen-bond donors (Lipinski definition) is 1. The zero-order valence-electron chi connectivity index (χ0n) is 10.9. The van der Waals surface area contributed by atoms with Crippen LogP contribution in [0.25, 0.3) is 0 Å². The maximum Gasteiger partial charge on any atom is 0.313 e. The van der Waals surface area contributed by atoms with Crippen molar-refractivity contribution >= 4 is 17.7 Å². The molecule has 0 bridgehead atoms. The molecular weight excluding hydrogens is 248 g/mol. The summed E-state index contributed by atoms with van der Waals surface area (Å²) in [7, 11) is 0. The van der Waals surface area contributed by atoms with Crippen LogP contribution in [0.2, 0.25) is 0 Å². The fourth-order valence-corrected chi connectivity index (χ4v) is 3.59. The molecule has 0 spiro atoms. The Kier molecular flexibility index (Phi) is 4.32. The van der Waals surface area contributed by atoms with Gasteiger partial charge in [0.05, 0.1) is 5.75 Å². The average molecular weight is 268 g/mol. The van der Waals surface area contributed by atoms with Crippen LogP contribution in [-0.4, -0.2) is 26.4 Å². The van der Waals surface area contributed by atoms with Crippen LogP contribution in [0.3, 0.4) is 0 Å². The highest BCUT2D eigenvalue weighted by atomic mass is 32.2. The standard InChI is InChI=1S/C13H20N2O2S/c1-9-3-4-11(10(2)7-9)15-6-5-14-13(15)18-8-12(16)17/h5-6,9-11H,3-4,7-8H2,1-2H3,(H,16,17). The van der Waals surface area contributed by atoms with E-state index >= 15 is 0 Å². The third-order valence-corrected chi connectivity index (χ3v) is 4.67. The predicted octanol–water partition coefficient (Wildman–Crippen LogP) is 3.06. The van der Waals surface area contributed by atoms with Crippen molar-refractivity contribution in [1.82, 2.24) is 9.55 Å². The Labute approximate surface area is 112 Å². The van der Waals surface area contributed by atoms with Gasteiger partial charge in [0.2, 0.25) is 0 Å². The van der Waals surface area contributed by atoms with Gasteiger partial charge in [-0.3, -0.25) is 4.79 Å². The first-order valence-electron chi connectivity index (χ1n) is 6.45. The van der Waals surface area contributed by atoms with Crippen molar-refractivity contribution in [2.24, 2.45) is 11.8 Å². The minimum Gasteiger partial charge on any atom is -0.481 e. The van der Waals surface area contributed by atoms with Crippen LogP contribution < -0.4 is 0 Å². The Balaban J connectivity index is 2.08. The molecule has 1 fully saturated rings. The molecule has 1 saturated carbocycles. The van der Waals surface area contributed by atoms with Crippen LogP contribution in [-0.2, 0) is 4.79 Å². The van der Waals surface area contributed by atoms with E-state index in [-0.39, 0.29) is 5.75 Å². The van der Waals surface area contributed by atoms with E-state index < -0.39 is 5.97 Å². The maximum absolute atomic E-state index is 10.6. The number of aliphatic carboxylic acids is 1. The van der Waals surface area contributed by atoms with Crippen LogP contribution >= 0.6 is 11.8 Å². The fraction of sp³-hybridized carbons (Fsp3) is 0.692. The van der Waals surface area contributed by atoms with Crippen LogP contribution in [0.15, 0.2) is 17.6 Å². The summed E-state index contributed by atoms with van der Waals surface area (Å²) in [6, 6.07) is 0.472. The summed E-state index contributed by atoms with van der Waals surface area (Å²) in [6.07, 6.45) is 7.41. The maximum atomic E-state index is 10.6. The second-order valence-electron chi connectivity index (χ2n) is 5.26. The minimum atomic E-state index is -0.792. The summed E-state index contributed by atoms with van der Waals surface area (Å²) in [6.45, 7) is 4.59. The second-order valence-corrected chi connectivity index (χ2v) is 6.20. The summed E-state index contributed by atoms with van der Waals surface area (Å²) >= 11 is 1.31. The third-order valence-electron chi connectivity index (χ3n) is 3.70. The van der Waals surface area contributed by atoms with Gasteiger partial charge in [-0.25, -0.2) is 4.98 Å². The zero-order valence-corrected chi connectivity index (χ0v) is 11.7. The molecule has 0 amide bonds. The molecule has 1 N–H and O–H groups in total. The van der Waals surface area contributed by atoms with Crippen LogP contribution in [0, 0.1) is 11.8 Å². The number of carbonyl (C=O) groups is 1. The van der Waals surface area contributed by atoms with Gasteiger partial charge in [0.25, 0.3) is 0 Å². The van der Waals surface area contributed by atoms with Crippen LogP contribution in [0.5, 0.6) is 0 Å². The first-order valence-corrected chi connectivity index (χ1v) is 7.44. The minimum absolute atomic E-state index is 0.0779. The highest BCUT2D eigenvalue weighted by Crippen LogP contribution is 2.38. The van der Waals surface area contributed by atoms with E-state index in [9.17, 15) is 4.79 Å². The third kappa shape index (κ3) is 3.07. The Morgan fingerprint density at radius 3 is 3.00 bits per heavy atom. The topological polar surface area (TPSA) is 55.1 Å². The number of rotatable bonds is 4. The Morgan fingerprint density at radius 1 is 1.56 bits per heavy atom. The van der Waals surface area contributed by atoms with E-state index in [2.05, 4.69) is 23.4 Å². The van der Waals surface area contributed by atoms with Crippen molar-refractivity contribution in [1.29, 1.82) is 0 Å². The van der Waals surface area contributed by atoms with E-state index in [1.807, 2.05) is 6.20 Å². The number of imidazole rings is 1. The first kappa shape index (κ1) is 13.5. The first-order chi connectivity index (χ1) is 8.58. The van der Waals surface area contributed by atoms with Crippen LogP contribution in [0.1, 0.15) is 39.2 Å². The average Bonchev–Trinajstić information content (AvgIpc) is 2.74. The monoisotopic (exact) mass is 268 g/mol. The molecule has 1 aromatic heterocycles. The molecule has 3 atom stereocenters. The van der Waals surface area contributed by atoms with Crippen molar-refractivity contribution in [3.8, 4) is 0 Å². The van der Waals surface area contributed by atoms with Crippen molar-refractivity contribution in [2.45, 2.75) is 44.3 Å². The number of aromatic nitrogens is 2. The van der Waals surface area contributed by atoms with Gasteiger partial charge >= 0.3 is 5.97 Å². The summed E-state index contributed by atoms with van der Waals surface area (Å²) in [5.41, 5.74) is 0. The Morgan fingerprint density at radius 2 is 2.33 bits per heavy atom. The molecule has 2 rings (SSSR count). The van der Waals surface area contributed by atoms with Crippen LogP contribution in [0.4, 0.5) is 0 Å². The molecule has 100 valence electrons. The number of hydrogen-bond acceptors (Lipinski definition) is 3. The van der Waals surface area contributed by atoms with Gasteiger partial charge < -0.3 is 9.67 Å². The summed E-state index contributed by atoms with van der Waals surface area (Å²) in [5, 5.41) is 9.58. The molecule has 5 heteroatoms. The van der Waals surface area contributed by atoms with Crippen molar-refractivity contribution in [3.63, 3.8) is 0 Å². The van der Waals surface area contributed by atoms with Crippen molar-refractivity contribution < 1.29 is 9.90 Å². The largest absolute Gasteiger partial charge is 0.481 e. The molecule has 1 aromatic rings. The van der Waals surface area contributed by atoms with E-state index in [0.29, 0.717) is 12.0 Å². The molecule has 4 nitrogen and oxygen atoms in total. The van der Waals surface area contributed by atoms with E-state index in [1.165, 1.54) is 31.0 Å². The van der Waals surface area contributed by atoms with E-state index in [1.54, 1.807) is 6.20 Å². The number of thioether (sulfide) groups is 1. The predicted molar refractivity (Wildman–Crippen MR) is 71.8 cm³/mol. The molecule has 1 aliphatic carbocycles. The molecule has 0 radical (unpaired) electrons. The lowest BCUT2D eigenvalue weighted by atomic mass is 9.80. The zero-order chi connectivity index (χ0) is 13.1. The number of carboxylic acid groups (broad SMARTS) is 1. The fourth-order valence-electron chi connectivity index (χ4n) is 2.85. The summed E-state index contributed by atoms with van der Waals surface area (Å²) in [4.78, 5) is 14.9. The quantitative estimate of drug-likeness (QED) is 0.853. The molecular formula is C13H20N2O2S. The van der Waals surface area contributed by atoms with Crippen molar-refractivity contribution in [2.75, 3.05) is 5.75 Å². The van der Waals surface area contributed by atoms with Gasteiger partial charge in [-0.1, -0.05) is 25.6 Å². The molecule has 3 unspecified atom stereocenters. The van der Waals surface area contributed by atoms with Gasteiger partial charge in [-0.15, -0.1) is 0 Å². The van der Waals surface area contributed by atoms with Gasteiger partial charge in [0.15, 0.2) is 5.16 Å². The van der Waals surface area contributed by atoms with Gasteiger partial charge in [0.1, 0.15) is 0 Å². The second kappa shape index (κ2) is 5.78. The molecule has 0 saturated heterocycles. The smallest absolute Gasteiger partial charge is 0.313 e. The molecule has 1 heterocycles. The number of carboxylic acids is 1. The molecule has 0 aromatic carbocycles. The Bertz CT molecular complexity index is 419. The van der Waals surface area contributed by atoms with Gasteiger partial charge in [0, 0.05) is 18.4 Å². The Hall–Kier alpha value is -0.970. The highest BCUT2D eigenvalue weighted by molar-refractivity contribution is 7.99. The van der Waals surface area contributed by atoms with Crippen molar-refractivity contribution in [3.05, 3.63) is 12.4 Å². The molecule has 0 aliphatic heterocycles.